The Morgan fingerprint density at radius 2 is 1.83 bits per heavy atom. The standard InChI is InChI=1S/C27H23ClN2O5S/c1-3-17-8-11-19(12-9-17)34-16-24(31)30-29-15-18-10-13-21(22(14-18)33-2)35-27(32)26-25(28)20-6-4-5-7-23(20)36-26/h4-15H,3,16H2,1-2H3,(H,30,31)/b29-15-. The van der Waals surface area contributed by atoms with Gasteiger partial charge in [-0.2, -0.15) is 5.10 Å². The maximum atomic E-state index is 12.8. The number of hydrogen-bond acceptors (Lipinski definition) is 7. The number of halogens is 1. The van der Waals surface area contributed by atoms with Crippen LogP contribution in [0.5, 0.6) is 17.2 Å². The van der Waals surface area contributed by atoms with Crippen molar-refractivity contribution in [2.24, 2.45) is 5.10 Å². The Balaban J connectivity index is 1.35. The molecule has 4 rings (SSSR count). The molecule has 0 spiro atoms. The van der Waals surface area contributed by atoms with Crippen LogP contribution in [-0.4, -0.2) is 31.8 Å². The van der Waals surface area contributed by atoms with Crippen LogP contribution < -0.4 is 19.6 Å². The summed E-state index contributed by atoms with van der Waals surface area (Å²) >= 11 is 7.65. The lowest BCUT2D eigenvalue weighted by Gasteiger charge is -2.09. The van der Waals surface area contributed by atoms with E-state index in [0.717, 1.165) is 16.5 Å². The summed E-state index contributed by atoms with van der Waals surface area (Å²) in [6.45, 7) is 1.90. The lowest BCUT2D eigenvalue weighted by atomic mass is 10.2. The van der Waals surface area contributed by atoms with Crippen LogP contribution in [0.15, 0.2) is 71.8 Å². The van der Waals surface area contributed by atoms with Crippen LogP contribution in [0, 0.1) is 0 Å². The molecule has 0 fully saturated rings. The number of methoxy groups -OCH3 is 1. The zero-order valence-electron chi connectivity index (χ0n) is 19.6. The molecule has 0 aliphatic carbocycles. The normalized spacial score (nSPS) is 11.0. The maximum absolute atomic E-state index is 12.8. The summed E-state index contributed by atoms with van der Waals surface area (Å²) in [6.07, 6.45) is 2.38. The molecule has 0 aliphatic heterocycles. The highest BCUT2D eigenvalue weighted by Crippen LogP contribution is 2.37. The van der Waals surface area contributed by atoms with E-state index < -0.39 is 11.9 Å². The summed E-state index contributed by atoms with van der Waals surface area (Å²) in [5, 5.41) is 5.11. The predicted octanol–water partition coefficient (Wildman–Crippen LogP) is 5.87. The van der Waals surface area contributed by atoms with Crippen LogP contribution in [0.25, 0.3) is 10.1 Å². The summed E-state index contributed by atoms with van der Waals surface area (Å²) in [6, 6.07) is 20.0. The number of benzene rings is 3. The van der Waals surface area contributed by atoms with Crippen LogP contribution in [0.3, 0.4) is 0 Å². The van der Waals surface area contributed by atoms with Gasteiger partial charge < -0.3 is 14.2 Å². The molecule has 36 heavy (non-hydrogen) atoms. The van der Waals surface area contributed by atoms with Crippen LogP contribution in [-0.2, 0) is 11.2 Å². The van der Waals surface area contributed by atoms with Gasteiger partial charge in [0.05, 0.1) is 18.3 Å². The molecule has 0 aliphatic rings. The van der Waals surface area contributed by atoms with Crippen LogP contribution in [0.4, 0.5) is 0 Å². The summed E-state index contributed by atoms with van der Waals surface area (Å²) < 4.78 is 17.3. The molecule has 9 heteroatoms. The first-order chi connectivity index (χ1) is 17.5. The minimum absolute atomic E-state index is 0.165. The molecule has 0 unspecified atom stereocenters. The van der Waals surface area contributed by atoms with E-state index in [4.69, 9.17) is 25.8 Å². The van der Waals surface area contributed by atoms with Crippen molar-refractivity contribution in [3.8, 4) is 17.2 Å². The Labute approximate surface area is 217 Å². The van der Waals surface area contributed by atoms with Gasteiger partial charge in [0, 0.05) is 10.1 Å². The predicted molar refractivity (Wildman–Crippen MR) is 142 cm³/mol. The number of thiophene rings is 1. The van der Waals surface area contributed by atoms with Gasteiger partial charge in [-0.05, 0) is 53.9 Å². The summed E-state index contributed by atoms with van der Waals surface area (Å²) in [5.41, 5.74) is 4.23. The fourth-order valence-electron chi connectivity index (χ4n) is 3.32. The van der Waals surface area contributed by atoms with Gasteiger partial charge in [0.1, 0.15) is 10.6 Å². The van der Waals surface area contributed by atoms with Crippen molar-refractivity contribution < 1.29 is 23.8 Å². The molecule has 0 saturated heterocycles. The van der Waals surface area contributed by atoms with Crippen LogP contribution >= 0.6 is 22.9 Å². The molecule has 1 amide bonds. The van der Waals surface area contributed by atoms with Gasteiger partial charge in [0.25, 0.3) is 5.91 Å². The number of nitrogens with zero attached hydrogens (tertiary/aromatic N) is 1. The van der Waals surface area contributed by atoms with Gasteiger partial charge in [-0.25, -0.2) is 10.2 Å². The topological polar surface area (TPSA) is 86.2 Å². The van der Waals surface area contributed by atoms with Crippen molar-refractivity contribution in [2.45, 2.75) is 13.3 Å². The number of ether oxygens (including phenoxy) is 3. The average Bonchev–Trinajstić information content (AvgIpc) is 3.25. The fourth-order valence-corrected chi connectivity index (χ4v) is 4.71. The molecule has 1 aromatic heterocycles. The Bertz CT molecular complexity index is 1420. The number of hydrogen-bond donors (Lipinski definition) is 1. The second-order valence-electron chi connectivity index (χ2n) is 7.62. The van der Waals surface area contributed by atoms with E-state index in [-0.39, 0.29) is 12.4 Å². The van der Waals surface area contributed by atoms with E-state index in [1.54, 1.807) is 18.2 Å². The van der Waals surface area contributed by atoms with Crippen molar-refractivity contribution in [3.63, 3.8) is 0 Å². The number of esters is 1. The molecular weight excluding hydrogens is 500 g/mol. The fraction of sp³-hybridized carbons (Fsp3) is 0.148. The number of carbonyl (C=O) groups is 2. The Morgan fingerprint density at radius 1 is 1.06 bits per heavy atom. The third-order valence-corrected chi connectivity index (χ3v) is 6.87. The molecule has 0 radical (unpaired) electrons. The molecule has 7 nitrogen and oxygen atoms in total. The Hall–Kier alpha value is -3.88. The van der Waals surface area contributed by atoms with E-state index >= 15 is 0 Å². The first-order valence-corrected chi connectivity index (χ1v) is 12.3. The molecule has 1 N–H and O–H groups in total. The highest BCUT2D eigenvalue weighted by atomic mass is 35.5. The number of rotatable bonds is 9. The number of aryl methyl sites for hydroxylation is 1. The van der Waals surface area contributed by atoms with Gasteiger partial charge in [0.15, 0.2) is 18.1 Å². The van der Waals surface area contributed by atoms with Gasteiger partial charge in [-0.3, -0.25) is 4.79 Å². The molecule has 0 atom stereocenters. The SMILES string of the molecule is CCc1ccc(OCC(=O)N/N=C\c2ccc(OC(=O)c3sc4ccccc4c3Cl)c(OC)c2)cc1. The highest BCUT2D eigenvalue weighted by molar-refractivity contribution is 7.21. The largest absolute Gasteiger partial charge is 0.493 e. The van der Waals surface area contributed by atoms with E-state index in [1.807, 2.05) is 48.5 Å². The first kappa shape index (κ1) is 25.2. The second kappa shape index (κ2) is 11.7. The Kier molecular flexibility index (Phi) is 8.20. The molecular formula is C27H23ClN2O5S. The zero-order chi connectivity index (χ0) is 25.5. The maximum Gasteiger partial charge on any atom is 0.355 e. The third kappa shape index (κ3) is 6.02. The molecule has 0 saturated carbocycles. The van der Waals surface area contributed by atoms with E-state index in [9.17, 15) is 9.59 Å². The molecule has 4 aromatic rings. The monoisotopic (exact) mass is 522 g/mol. The smallest absolute Gasteiger partial charge is 0.355 e. The number of fused-ring (bicyclic) bond motifs is 1. The molecule has 1 heterocycles. The van der Waals surface area contributed by atoms with E-state index in [1.165, 1.54) is 30.2 Å². The van der Waals surface area contributed by atoms with Crippen LogP contribution in [0.1, 0.15) is 27.7 Å². The van der Waals surface area contributed by atoms with E-state index in [0.29, 0.717) is 27.0 Å². The lowest BCUT2D eigenvalue weighted by Crippen LogP contribution is -2.24. The van der Waals surface area contributed by atoms with E-state index in [2.05, 4.69) is 17.5 Å². The number of amides is 1. The minimum Gasteiger partial charge on any atom is -0.493 e. The molecule has 184 valence electrons. The first-order valence-electron chi connectivity index (χ1n) is 11.1. The lowest BCUT2D eigenvalue weighted by molar-refractivity contribution is -0.123. The van der Waals surface area contributed by atoms with Gasteiger partial charge in [-0.1, -0.05) is 48.9 Å². The molecule has 0 bridgehead atoms. The van der Waals surface area contributed by atoms with Gasteiger partial charge in [-0.15, -0.1) is 11.3 Å². The molecule has 3 aromatic carbocycles. The summed E-state index contributed by atoms with van der Waals surface area (Å²) in [7, 11) is 1.46. The highest BCUT2D eigenvalue weighted by Gasteiger charge is 2.20. The van der Waals surface area contributed by atoms with Crippen molar-refractivity contribution in [1.29, 1.82) is 0 Å². The minimum atomic E-state index is -0.572. The van der Waals surface area contributed by atoms with Crippen LogP contribution in [0.2, 0.25) is 5.02 Å². The van der Waals surface area contributed by atoms with Gasteiger partial charge >= 0.3 is 5.97 Å². The third-order valence-electron chi connectivity index (χ3n) is 5.22. The summed E-state index contributed by atoms with van der Waals surface area (Å²) in [5.74, 6) is 0.202. The number of hydrazone groups is 1. The average molecular weight is 523 g/mol. The zero-order valence-corrected chi connectivity index (χ0v) is 21.2. The number of nitrogens with one attached hydrogen (secondary N) is 1. The van der Waals surface area contributed by atoms with Crippen molar-refractivity contribution in [3.05, 3.63) is 87.8 Å². The van der Waals surface area contributed by atoms with Crippen molar-refractivity contribution >= 4 is 51.1 Å². The summed E-state index contributed by atoms with van der Waals surface area (Å²) in [4.78, 5) is 25.1. The second-order valence-corrected chi connectivity index (χ2v) is 9.05. The Morgan fingerprint density at radius 3 is 2.56 bits per heavy atom. The van der Waals surface area contributed by atoms with Gasteiger partial charge in [0.2, 0.25) is 0 Å². The van der Waals surface area contributed by atoms with Crippen molar-refractivity contribution in [2.75, 3.05) is 13.7 Å². The van der Waals surface area contributed by atoms with Crippen molar-refractivity contribution in [1.82, 2.24) is 5.43 Å². The quantitative estimate of drug-likeness (QED) is 0.128. The number of carbonyl (C=O) groups excluding carboxylic acids is 2.